The van der Waals surface area contributed by atoms with Crippen molar-refractivity contribution in [2.45, 2.75) is 13.0 Å². The maximum Gasteiger partial charge on any atom is 0.119 e. The van der Waals surface area contributed by atoms with Crippen LogP contribution in [0.4, 0.5) is 0 Å². The summed E-state index contributed by atoms with van der Waals surface area (Å²) in [5, 5.41) is 9.00. The van der Waals surface area contributed by atoms with E-state index in [1.807, 2.05) is 30.3 Å². The molecule has 1 unspecified atom stereocenters. The maximum absolute atomic E-state index is 9.00. The van der Waals surface area contributed by atoms with Crippen molar-refractivity contribution in [2.75, 3.05) is 72.7 Å². The number of ether oxygens (including phenoxy) is 6. The third-order valence-electron chi connectivity index (χ3n) is 3.09. The lowest BCUT2D eigenvalue weighted by atomic mass is 10.3. The molecule has 0 spiro atoms. The van der Waals surface area contributed by atoms with Gasteiger partial charge in [0, 0.05) is 0 Å². The molecular weight excluding hydrogens is 340 g/mol. The van der Waals surface area contributed by atoms with E-state index in [0.717, 1.165) is 5.75 Å². The van der Waals surface area contributed by atoms with Crippen LogP contribution in [0.5, 0.6) is 5.75 Å². The maximum atomic E-state index is 9.00. The fourth-order valence-corrected chi connectivity index (χ4v) is 1.87. The summed E-state index contributed by atoms with van der Waals surface area (Å²) in [7, 11) is 0. The number of rotatable bonds is 18. The molecule has 7 heteroatoms. The first-order valence-corrected chi connectivity index (χ1v) is 9.03. The van der Waals surface area contributed by atoms with Gasteiger partial charge in [0.25, 0.3) is 0 Å². The highest BCUT2D eigenvalue weighted by molar-refractivity contribution is 5.20. The third-order valence-corrected chi connectivity index (χ3v) is 3.09. The molecule has 0 aromatic heterocycles. The number of aliphatic hydroxyl groups is 1. The van der Waals surface area contributed by atoms with Gasteiger partial charge in [-0.2, -0.15) is 0 Å². The SMILES string of the molecule is CC(O)COCCOCCOCCOCCOCCOc1ccccc1. The molecule has 0 heterocycles. The first kappa shape index (κ1) is 22.8. The third kappa shape index (κ3) is 15.1. The Balaban J connectivity index is 1.70. The first-order valence-electron chi connectivity index (χ1n) is 9.03. The minimum absolute atomic E-state index is 0.334. The fourth-order valence-electron chi connectivity index (χ4n) is 1.87. The molecule has 1 N–H and O–H groups in total. The number of benzene rings is 1. The van der Waals surface area contributed by atoms with Gasteiger partial charge in [-0.15, -0.1) is 0 Å². The van der Waals surface area contributed by atoms with Gasteiger partial charge < -0.3 is 33.5 Å². The molecule has 0 radical (unpaired) electrons. The van der Waals surface area contributed by atoms with Crippen LogP contribution in [0, 0.1) is 0 Å². The zero-order chi connectivity index (χ0) is 18.7. The minimum Gasteiger partial charge on any atom is -0.491 e. The van der Waals surface area contributed by atoms with Gasteiger partial charge in [0.15, 0.2) is 0 Å². The van der Waals surface area contributed by atoms with Crippen LogP contribution in [0.15, 0.2) is 30.3 Å². The topological polar surface area (TPSA) is 75.6 Å². The Morgan fingerprint density at radius 3 is 1.54 bits per heavy atom. The van der Waals surface area contributed by atoms with Gasteiger partial charge in [0.2, 0.25) is 0 Å². The molecule has 0 bridgehead atoms. The summed E-state index contributed by atoms with van der Waals surface area (Å²) in [6.07, 6.45) is -0.439. The molecular formula is C19H32O7. The smallest absolute Gasteiger partial charge is 0.119 e. The Labute approximate surface area is 156 Å². The fraction of sp³-hybridized carbons (Fsp3) is 0.684. The van der Waals surface area contributed by atoms with Crippen molar-refractivity contribution in [3.8, 4) is 5.75 Å². The van der Waals surface area contributed by atoms with Gasteiger partial charge >= 0.3 is 0 Å². The lowest BCUT2D eigenvalue weighted by Gasteiger charge is -2.09. The van der Waals surface area contributed by atoms with Crippen LogP contribution in [0.1, 0.15) is 6.92 Å². The number of hydrogen-bond acceptors (Lipinski definition) is 7. The van der Waals surface area contributed by atoms with Crippen LogP contribution < -0.4 is 4.74 Å². The molecule has 0 fully saturated rings. The van der Waals surface area contributed by atoms with E-state index >= 15 is 0 Å². The average Bonchev–Trinajstić information content (AvgIpc) is 2.65. The molecule has 0 saturated heterocycles. The van der Waals surface area contributed by atoms with Crippen molar-refractivity contribution >= 4 is 0 Å². The predicted molar refractivity (Wildman–Crippen MR) is 97.7 cm³/mol. The lowest BCUT2D eigenvalue weighted by molar-refractivity contribution is -0.0199. The molecule has 1 aromatic carbocycles. The van der Waals surface area contributed by atoms with Crippen LogP contribution in [0.25, 0.3) is 0 Å². The quantitative estimate of drug-likeness (QED) is 0.392. The highest BCUT2D eigenvalue weighted by Crippen LogP contribution is 2.07. The van der Waals surface area contributed by atoms with Crippen molar-refractivity contribution in [1.82, 2.24) is 0 Å². The van der Waals surface area contributed by atoms with Crippen molar-refractivity contribution in [1.29, 1.82) is 0 Å². The Morgan fingerprint density at radius 2 is 1.08 bits per heavy atom. The second-order valence-corrected chi connectivity index (χ2v) is 5.53. The minimum atomic E-state index is -0.439. The predicted octanol–water partition coefficient (Wildman–Crippen LogP) is 1.53. The summed E-state index contributed by atoms with van der Waals surface area (Å²) in [5.74, 6) is 0.848. The monoisotopic (exact) mass is 372 g/mol. The molecule has 0 amide bonds. The standard InChI is InChI=1S/C19H32O7/c1-18(20)17-25-14-13-23-10-9-21-7-8-22-11-12-24-15-16-26-19-5-3-2-4-6-19/h2-6,18,20H,7-17H2,1H3. The highest BCUT2D eigenvalue weighted by atomic mass is 16.6. The summed E-state index contributed by atoms with van der Waals surface area (Å²) in [4.78, 5) is 0. The van der Waals surface area contributed by atoms with E-state index < -0.39 is 6.10 Å². The Kier molecular flexibility index (Phi) is 15.1. The molecule has 26 heavy (non-hydrogen) atoms. The van der Waals surface area contributed by atoms with Crippen LogP contribution in [0.3, 0.4) is 0 Å². The number of aliphatic hydroxyl groups excluding tert-OH is 1. The Hall–Kier alpha value is -1.22. The van der Waals surface area contributed by atoms with Gasteiger partial charge in [-0.05, 0) is 19.1 Å². The molecule has 150 valence electrons. The van der Waals surface area contributed by atoms with Gasteiger partial charge in [-0.25, -0.2) is 0 Å². The Bertz CT molecular complexity index is 400. The van der Waals surface area contributed by atoms with Gasteiger partial charge in [0.05, 0.1) is 72.2 Å². The van der Waals surface area contributed by atoms with Crippen LogP contribution in [-0.2, 0) is 23.7 Å². The van der Waals surface area contributed by atoms with E-state index in [2.05, 4.69) is 0 Å². The van der Waals surface area contributed by atoms with Crippen LogP contribution in [0.2, 0.25) is 0 Å². The summed E-state index contributed by atoms with van der Waals surface area (Å²) in [5.41, 5.74) is 0. The summed E-state index contributed by atoms with van der Waals surface area (Å²) in [6, 6.07) is 9.66. The molecule has 7 nitrogen and oxygen atoms in total. The van der Waals surface area contributed by atoms with Gasteiger partial charge in [-0.1, -0.05) is 18.2 Å². The zero-order valence-electron chi connectivity index (χ0n) is 15.6. The van der Waals surface area contributed by atoms with E-state index in [-0.39, 0.29) is 0 Å². The molecule has 1 rings (SSSR count). The molecule has 1 aromatic rings. The van der Waals surface area contributed by atoms with E-state index in [1.165, 1.54) is 0 Å². The summed E-state index contributed by atoms with van der Waals surface area (Å²) in [6.45, 7) is 7.21. The van der Waals surface area contributed by atoms with E-state index in [1.54, 1.807) is 6.92 Å². The van der Waals surface area contributed by atoms with E-state index in [4.69, 9.17) is 33.5 Å². The second kappa shape index (κ2) is 17.2. The van der Waals surface area contributed by atoms with Crippen LogP contribution >= 0.6 is 0 Å². The largest absolute Gasteiger partial charge is 0.491 e. The second-order valence-electron chi connectivity index (χ2n) is 5.53. The lowest BCUT2D eigenvalue weighted by Crippen LogP contribution is -2.16. The van der Waals surface area contributed by atoms with Gasteiger partial charge in [0.1, 0.15) is 12.4 Å². The molecule has 1 atom stereocenters. The first-order chi connectivity index (χ1) is 12.8. The molecule has 0 aliphatic carbocycles. The van der Waals surface area contributed by atoms with Crippen LogP contribution in [-0.4, -0.2) is 83.9 Å². The molecule has 0 saturated carbocycles. The van der Waals surface area contributed by atoms with Crippen molar-refractivity contribution in [2.24, 2.45) is 0 Å². The summed E-state index contributed by atoms with van der Waals surface area (Å²) < 4.78 is 32.2. The average molecular weight is 372 g/mol. The van der Waals surface area contributed by atoms with E-state index in [0.29, 0.717) is 72.7 Å². The van der Waals surface area contributed by atoms with Crippen molar-refractivity contribution < 1.29 is 33.5 Å². The highest BCUT2D eigenvalue weighted by Gasteiger charge is 1.96. The molecule has 0 aliphatic heterocycles. The Morgan fingerprint density at radius 1 is 0.654 bits per heavy atom. The van der Waals surface area contributed by atoms with Crippen molar-refractivity contribution in [3.05, 3.63) is 30.3 Å². The van der Waals surface area contributed by atoms with E-state index in [9.17, 15) is 0 Å². The normalized spacial score (nSPS) is 12.2. The zero-order valence-corrected chi connectivity index (χ0v) is 15.6. The summed E-state index contributed by atoms with van der Waals surface area (Å²) >= 11 is 0. The van der Waals surface area contributed by atoms with Gasteiger partial charge in [-0.3, -0.25) is 0 Å². The number of para-hydroxylation sites is 1. The molecule has 0 aliphatic rings. The van der Waals surface area contributed by atoms with Crippen molar-refractivity contribution in [3.63, 3.8) is 0 Å². The number of hydrogen-bond donors (Lipinski definition) is 1.